The van der Waals surface area contributed by atoms with Gasteiger partial charge in [0.2, 0.25) is 0 Å². The van der Waals surface area contributed by atoms with Crippen LogP contribution in [0.15, 0.2) is 16.9 Å². The van der Waals surface area contributed by atoms with E-state index in [1.54, 1.807) is 12.1 Å². The van der Waals surface area contributed by atoms with Gasteiger partial charge in [-0.2, -0.15) is 9.61 Å². The summed E-state index contributed by atoms with van der Waals surface area (Å²) in [7, 11) is 0. The van der Waals surface area contributed by atoms with Crippen LogP contribution in [0.4, 0.5) is 5.82 Å². The lowest BCUT2D eigenvalue weighted by Gasteiger charge is -2.23. The van der Waals surface area contributed by atoms with E-state index in [1.165, 1.54) is 4.52 Å². The quantitative estimate of drug-likeness (QED) is 0.807. The second-order valence-electron chi connectivity index (χ2n) is 4.97. The van der Waals surface area contributed by atoms with Gasteiger partial charge in [-0.1, -0.05) is 13.8 Å². The SMILES string of the molecule is CC(C)(CCCl)CNc1ccc2n[nH]c(=O)n2n1. The molecule has 0 aromatic carbocycles. The number of aromatic nitrogens is 4. The molecule has 0 unspecified atom stereocenters. The van der Waals surface area contributed by atoms with Gasteiger partial charge in [-0.25, -0.2) is 9.89 Å². The van der Waals surface area contributed by atoms with Crippen molar-refractivity contribution in [2.45, 2.75) is 20.3 Å². The molecular formula is C11H16ClN5O. The fraction of sp³-hybridized carbons (Fsp3) is 0.545. The molecule has 0 aliphatic rings. The largest absolute Gasteiger partial charge is 0.368 e. The first kappa shape index (κ1) is 12.9. The molecule has 0 amide bonds. The molecule has 2 rings (SSSR count). The van der Waals surface area contributed by atoms with Crippen LogP contribution in [0.5, 0.6) is 0 Å². The van der Waals surface area contributed by atoms with E-state index in [-0.39, 0.29) is 11.1 Å². The predicted octanol–water partition coefficient (Wildman–Crippen LogP) is 1.48. The lowest BCUT2D eigenvalue weighted by Crippen LogP contribution is -2.24. The summed E-state index contributed by atoms with van der Waals surface area (Å²) >= 11 is 5.75. The molecule has 6 nitrogen and oxygen atoms in total. The van der Waals surface area contributed by atoms with E-state index in [9.17, 15) is 4.79 Å². The van der Waals surface area contributed by atoms with E-state index in [0.29, 0.717) is 17.3 Å². The Bertz CT molecular complexity index is 588. The third-order valence-corrected chi connectivity index (χ3v) is 2.98. The fourth-order valence-electron chi connectivity index (χ4n) is 1.57. The zero-order valence-corrected chi connectivity index (χ0v) is 11.2. The molecule has 0 radical (unpaired) electrons. The minimum absolute atomic E-state index is 0.0831. The smallest absolute Gasteiger partial charge is 0.364 e. The highest BCUT2D eigenvalue weighted by Gasteiger charge is 2.17. The second kappa shape index (κ2) is 4.97. The maximum absolute atomic E-state index is 11.4. The number of alkyl halides is 1. The Labute approximate surface area is 109 Å². The molecule has 7 heteroatoms. The summed E-state index contributed by atoms with van der Waals surface area (Å²) in [6, 6.07) is 3.54. The summed E-state index contributed by atoms with van der Waals surface area (Å²) in [4.78, 5) is 11.4. The van der Waals surface area contributed by atoms with Gasteiger partial charge in [0, 0.05) is 12.4 Å². The van der Waals surface area contributed by atoms with Gasteiger partial charge in [0.25, 0.3) is 0 Å². The zero-order chi connectivity index (χ0) is 13.2. The Morgan fingerprint density at radius 3 is 3.00 bits per heavy atom. The van der Waals surface area contributed by atoms with E-state index >= 15 is 0 Å². The zero-order valence-electron chi connectivity index (χ0n) is 10.4. The van der Waals surface area contributed by atoms with Gasteiger partial charge >= 0.3 is 5.69 Å². The van der Waals surface area contributed by atoms with E-state index in [2.05, 4.69) is 34.5 Å². The lowest BCUT2D eigenvalue weighted by molar-refractivity contribution is 0.379. The number of halogens is 1. The van der Waals surface area contributed by atoms with E-state index in [1.807, 2.05) is 0 Å². The van der Waals surface area contributed by atoms with Crippen LogP contribution in [0.25, 0.3) is 5.65 Å². The Balaban J connectivity index is 2.12. The number of anilines is 1. The molecule has 0 aliphatic heterocycles. The van der Waals surface area contributed by atoms with Crippen LogP contribution >= 0.6 is 11.6 Å². The highest BCUT2D eigenvalue weighted by Crippen LogP contribution is 2.21. The maximum Gasteiger partial charge on any atom is 0.364 e. The van der Waals surface area contributed by atoms with Crippen molar-refractivity contribution < 1.29 is 0 Å². The lowest BCUT2D eigenvalue weighted by atomic mass is 9.90. The number of hydrogen-bond donors (Lipinski definition) is 2. The molecule has 0 fully saturated rings. The van der Waals surface area contributed by atoms with Crippen molar-refractivity contribution in [1.82, 2.24) is 19.8 Å². The number of aromatic amines is 1. The normalized spacial score (nSPS) is 11.9. The van der Waals surface area contributed by atoms with Crippen molar-refractivity contribution in [3.8, 4) is 0 Å². The molecule has 0 saturated carbocycles. The van der Waals surface area contributed by atoms with Crippen LogP contribution in [0, 0.1) is 5.41 Å². The topological polar surface area (TPSA) is 75.1 Å². The number of nitrogens with one attached hydrogen (secondary N) is 2. The summed E-state index contributed by atoms with van der Waals surface area (Å²) in [5.74, 6) is 1.27. The highest BCUT2D eigenvalue weighted by molar-refractivity contribution is 6.17. The highest BCUT2D eigenvalue weighted by atomic mass is 35.5. The minimum Gasteiger partial charge on any atom is -0.368 e. The molecule has 98 valence electrons. The van der Waals surface area contributed by atoms with Crippen molar-refractivity contribution in [2.24, 2.45) is 5.41 Å². The average Bonchev–Trinajstić information content (AvgIpc) is 2.69. The summed E-state index contributed by atoms with van der Waals surface area (Å²) in [6.07, 6.45) is 0.912. The second-order valence-corrected chi connectivity index (χ2v) is 5.35. The monoisotopic (exact) mass is 269 g/mol. The Morgan fingerprint density at radius 1 is 1.50 bits per heavy atom. The number of hydrogen-bond acceptors (Lipinski definition) is 4. The standard InChI is InChI=1S/C11H16ClN5O/c1-11(2,5-6-12)7-13-8-3-4-9-14-15-10(18)17(9)16-8/h3-4H,5-7H2,1-2H3,(H,13,16)(H,15,18). The van der Waals surface area contributed by atoms with Crippen molar-refractivity contribution in [2.75, 3.05) is 17.7 Å². The molecule has 2 aromatic rings. The maximum atomic E-state index is 11.4. The van der Waals surface area contributed by atoms with Crippen molar-refractivity contribution in [3.05, 3.63) is 22.6 Å². The van der Waals surface area contributed by atoms with E-state index in [0.717, 1.165) is 13.0 Å². The third-order valence-electron chi connectivity index (χ3n) is 2.79. The van der Waals surface area contributed by atoms with Crippen LogP contribution in [0.3, 0.4) is 0 Å². The molecule has 0 bridgehead atoms. The van der Waals surface area contributed by atoms with Gasteiger partial charge in [-0.3, -0.25) is 0 Å². The van der Waals surface area contributed by atoms with Crippen molar-refractivity contribution in [3.63, 3.8) is 0 Å². The van der Waals surface area contributed by atoms with Crippen molar-refractivity contribution >= 4 is 23.1 Å². The van der Waals surface area contributed by atoms with Crippen LogP contribution in [0.1, 0.15) is 20.3 Å². The average molecular weight is 270 g/mol. The Hall–Kier alpha value is -1.56. The first-order valence-corrected chi connectivity index (χ1v) is 6.30. The van der Waals surface area contributed by atoms with Gasteiger partial charge in [-0.15, -0.1) is 16.7 Å². The summed E-state index contributed by atoms with van der Waals surface area (Å²) in [5, 5.41) is 13.5. The van der Waals surface area contributed by atoms with Gasteiger partial charge in [0.05, 0.1) is 0 Å². The first-order chi connectivity index (χ1) is 8.52. The molecular weight excluding hydrogens is 254 g/mol. The number of fused-ring (bicyclic) bond motifs is 1. The van der Waals surface area contributed by atoms with Crippen LogP contribution < -0.4 is 11.0 Å². The molecule has 0 saturated heterocycles. The Morgan fingerprint density at radius 2 is 2.28 bits per heavy atom. The third kappa shape index (κ3) is 2.81. The predicted molar refractivity (Wildman–Crippen MR) is 71.2 cm³/mol. The summed E-state index contributed by atoms with van der Waals surface area (Å²) in [6.45, 7) is 5.00. The van der Waals surface area contributed by atoms with Gasteiger partial charge < -0.3 is 5.32 Å². The van der Waals surface area contributed by atoms with Crippen LogP contribution in [-0.2, 0) is 0 Å². The van der Waals surface area contributed by atoms with Gasteiger partial charge in [-0.05, 0) is 24.0 Å². The number of rotatable bonds is 5. The molecule has 0 aliphatic carbocycles. The number of H-pyrrole nitrogens is 1. The molecule has 18 heavy (non-hydrogen) atoms. The Kier molecular flexibility index (Phi) is 3.56. The molecule has 0 atom stereocenters. The molecule has 2 aromatic heterocycles. The van der Waals surface area contributed by atoms with Gasteiger partial charge in [0.1, 0.15) is 5.82 Å². The molecule has 2 N–H and O–H groups in total. The van der Waals surface area contributed by atoms with E-state index in [4.69, 9.17) is 11.6 Å². The molecule has 0 spiro atoms. The summed E-state index contributed by atoms with van der Waals surface area (Å²) in [5.41, 5.74) is 0.249. The summed E-state index contributed by atoms with van der Waals surface area (Å²) < 4.78 is 1.23. The first-order valence-electron chi connectivity index (χ1n) is 5.76. The minimum atomic E-state index is -0.339. The fourth-order valence-corrected chi connectivity index (χ4v) is 2.08. The van der Waals surface area contributed by atoms with Crippen molar-refractivity contribution in [1.29, 1.82) is 0 Å². The van der Waals surface area contributed by atoms with Crippen LogP contribution in [0.2, 0.25) is 0 Å². The van der Waals surface area contributed by atoms with E-state index < -0.39 is 0 Å². The van der Waals surface area contributed by atoms with Gasteiger partial charge in [0.15, 0.2) is 5.65 Å². The van der Waals surface area contributed by atoms with Crippen LogP contribution in [-0.4, -0.2) is 32.2 Å². The number of nitrogens with zero attached hydrogens (tertiary/aromatic N) is 3. The molecule has 2 heterocycles.